The summed E-state index contributed by atoms with van der Waals surface area (Å²) in [5, 5.41) is 0. The smallest absolute Gasteiger partial charge is 0.223 e. The first kappa shape index (κ1) is 18.2. The van der Waals surface area contributed by atoms with Gasteiger partial charge in [0.05, 0.1) is 0 Å². The average molecular weight is 366 g/mol. The van der Waals surface area contributed by atoms with Gasteiger partial charge in [0.25, 0.3) is 0 Å². The number of amides is 1. The third-order valence-electron chi connectivity index (χ3n) is 6.17. The third kappa shape index (κ3) is 4.06. The highest BCUT2D eigenvalue weighted by Gasteiger charge is 2.45. The lowest BCUT2D eigenvalue weighted by molar-refractivity contribution is -0.132. The van der Waals surface area contributed by atoms with Crippen LogP contribution in [0, 0.1) is 5.82 Å². The average Bonchev–Trinajstić information content (AvgIpc) is 2.84. The van der Waals surface area contributed by atoms with Crippen molar-refractivity contribution in [3.63, 3.8) is 0 Å². The van der Waals surface area contributed by atoms with Crippen molar-refractivity contribution in [1.29, 1.82) is 0 Å². The number of rotatable bonds is 4. The molecule has 0 bridgehead atoms. The van der Waals surface area contributed by atoms with Gasteiger partial charge < -0.3 is 4.90 Å². The summed E-state index contributed by atoms with van der Waals surface area (Å²) in [4.78, 5) is 17.2. The maximum atomic E-state index is 13.5. The first-order valence-corrected chi connectivity index (χ1v) is 9.96. The predicted octanol–water partition coefficient (Wildman–Crippen LogP) is 4.37. The van der Waals surface area contributed by atoms with Gasteiger partial charge in [-0.05, 0) is 55.5 Å². The lowest BCUT2D eigenvalue weighted by Crippen LogP contribution is -2.45. The molecule has 0 aromatic heterocycles. The summed E-state index contributed by atoms with van der Waals surface area (Å²) >= 11 is 0. The SMILES string of the molecule is O=C1CC[C@]2(CCCN(Cc3cccc(F)c3)CC2)N1Cc1ccccc1. The van der Waals surface area contributed by atoms with Gasteiger partial charge in [-0.3, -0.25) is 9.69 Å². The van der Waals surface area contributed by atoms with Crippen LogP contribution in [0.4, 0.5) is 4.39 Å². The van der Waals surface area contributed by atoms with E-state index in [0.717, 1.165) is 50.9 Å². The number of carbonyl (C=O) groups is 1. The van der Waals surface area contributed by atoms with Crippen LogP contribution in [0.5, 0.6) is 0 Å². The number of carbonyl (C=O) groups excluding carboxylic acids is 1. The van der Waals surface area contributed by atoms with E-state index >= 15 is 0 Å². The standard InChI is InChI=1S/C23H27FN2O/c24-21-9-4-8-20(16-21)17-25-14-5-11-23(13-15-25)12-10-22(27)26(23)18-19-6-2-1-3-7-19/h1-4,6-9,16H,5,10-15,17-18H2/t23-/m0/s1. The van der Waals surface area contributed by atoms with E-state index < -0.39 is 0 Å². The molecular weight excluding hydrogens is 339 g/mol. The Morgan fingerprint density at radius 1 is 0.889 bits per heavy atom. The molecule has 2 aromatic rings. The van der Waals surface area contributed by atoms with E-state index in [1.165, 1.54) is 11.6 Å². The van der Waals surface area contributed by atoms with Crippen molar-refractivity contribution in [3.8, 4) is 0 Å². The number of nitrogens with zero attached hydrogens (tertiary/aromatic N) is 2. The van der Waals surface area contributed by atoms with Crippen LogP contribution in [0.2, 0.25) is 0 Å². The predicted molar refractivity (Wildman–Crippen MR) is 104 cm³/mol. The Labute approximate surface area is 160 Å². The molecule has 0 aliphatic carbocycles. The minimum absolute atomic E-state index is 0.0103. The summed E-state index contributed by atoms with van der Waals surface area (Å²) in [6.07, 6.45) is 4.77. The fraction of sp³-hybridized carbons (Fsp3) is 0.435. The summed E-state index contributed by atoms with van der Waals surface area (Å²) < 4.78 is 13.5. The fourth-order valence-electron chi connectivity index (χ4n) is 4.70. The van der Waals surface area contributed by atoms with Crippen molar-refractivity contribution in [3.05, 3.63) is 71.5 Å². The Bertz CT molecular complexity index is 794. The number of hydrogen-bond donors (Lipinski definition) is 0. The highest BCUT2D eigenvalue weighted by molar-refractivity contribution is 5.79. The van der Waals surface area contributed by atoms with Gasteiger partial charge in [0, 0.05) is 31.6 Å². The monoisotopic (exact) mass is 366 g/mol. The molecule has 2 aliphatic heterocycles. The molecule has 2 aromatic carbocycles. The zero-order chi connectivity index (χ0) is 18.7. The molecule has 0 N–H and O–H groups in total. The zero-order valence-electron chi connectivity index (χ0n) is 15.7. The summed E-state index contributed by atoms with van der Waals surface area (Å²) in [5.41, 5.74) is 2.21. The van der Waals surface area contributed by atoms with Gasteiger partial charge in [-0.2, -0.15) is 0 Å². The Kier molecular flexibility index (Phi) is 5.26. The highest BCUT2D eigenvalue weighted by atomic mass is 19.1. The van der Waals surface area contributed by atoms with Crippen molar-refractivity contribution in [2.75, 3.05) is 13.1 Å². The molecule has 1 spiro atoms. The first-order valence-electron chi connectivity index (χ1n) is 9.96. The van der Waals surface area contributed by atoms with Gasteiger partial charge >= 0.3 is 0 Å². The first-order chi connectivity index (χ1) is 13.1. The van der Waals surface area contributed by atoms with Crippen LogP contribution in [-0.4, -0.2) is 34.3 Å². The lowest BCUT2D eigenvalue weighted by atomic mass is 9.87. The molecular formula is C23H27FN2O. The lowest BCUT2D eigenvalue weighted by Gasteiger charge is -2.38. The van der Waals surface area contributed by atoms with Crippen LogP contribution in [0.15, 0.2) is 54.6 Å². The summed E-state index contributed by atoms with van der Waals surface area (Å²) in [5.74, 6) is 0.117. The minimum atomic E-state index is -0.172. The van der Waals surface area contributed by atoms with Gasteiger partial charge in [-0.15, -0.1) is 0 Å². The molecule has 27 heavy (non-hydrogen) atoms. The Morgan fingerprint density at radius 3 is 2.52 bits per heavy atom. The fourth-order valence-corrected chi connectivity index (χ4v) is 4.70. The summed E-state index contributed by atoms with van der Waals surface area (Å²) in [7, 11) is 0. The zero-order valence-corrected chi connectivity index (χ0v) is 15.7. The van der Waals surface area contributed by atoms with E-state index in [0.29, 0.717) is 13.0 Å². The molecule has 142 valence electrons. The van der Waals surface area contributed by atoms with Crippen molar-refractivity contribution in [1.82, 2.24) is 9.80 Å². The van der Waals surface area contributed by atoms with Crippen molar-refractivity contribution in [2.45, 2.75) is 50.7 Å². The molecule has 2 saturated heterocycles. The van der Waals surface area contributed by atoms with Gasteiger partial charge in [0.1, 0.15) is 5.82 Å². The third-order valence-corrected chi connectivity index (χ3v) is 6.17. The Morgan fingerprint density at radius 2 is 1.70 bits per heavy atom. The number of likely N-dealkylation sites (tertiary alicyclic amines) is 2. The maximum absolute atomic E-state index is 13.5. The van der Waals surface area contributed by atoms with Gasteiger partial charge in [-0.1, -0.05) is 42.5 Å². The van der Waals surface area contributed by atoms with Crippen LogP contribution in [-0.2, 0) is 17.9 Å². The van der Waals surface area contributed by atoms with Gasteiger partial charge in [0.2, 0.25) is 5.91 Å². The molecule has 2 aliphatic rings. The van der Waals surface area contributed by atoms with E-state index in [1.54, 1.807) is 12.1 Å². The molecule has 4 heteroatoms. The van der Waals surface area contributed by atoms with E-state index in [4.69, 9.17) is 0 Å². The van der Waals surface area contributed by atoms with Crippen LogP contribution in [0.25, 0.3) is 0 Å². The van der Waals surface area contributed by atoms with Crippen LogP contribution in [0.3, 0.4) is 0 Å². The quantitative estimate of drug-likeness (QED) is 0.802. The van der Waals surface area contributed by atoms with Gasteiger partial charge in [0.15, 0.2) is 0 Å². The number of benzene rings is 2. The molecule has 0 saturated carbocycles. The van der Waals surface area contributed by atoms with Crippen LogP contribution >= 0.6 is 0 Å². The molecule has 1 atom stereocenters. The Balaban J connectivity index is 1.46. The normalized spacial score (nSPS) is 23.7. The molecule has 1 amide bonds. The van der Waals surface area contributed by atoms with Crippen molar-refractivity contribution >= 4 is 5.91 Å². The van der Waals surface area contributed by atoms with E-state index in [2.05, 4.69) is 21.9 Å². The molecule has 2 fully saturated rings. The molecule has 0 radical (unpaired) electrons. The summed E-state index contributed by atoms with van der Waals surface area (Å²) in [6.45, 7) is 3.45. The molecule has 0 unspecified atom stereocenters. The molecule has 3 nitrogen and oxygen atoms in total. The van der Waals surface area contributed by atoms with Gasteiger partial charge in [-0.25, -0.2) is 4.39 Å². The van der Waals surface area contributed by atoms with E-state index in [9.17, 15) is 9.18 Å². The maximum Gasteiger partial charge on any atom is 0.223 e. The molecule has 4 rings (SSSR count). The number of halogens is 1. The number of hydrogen-bond acceptors (Lipinski definition) is 2. The van der Waals surface area contributed by atoms with E-state index in [-0.39, 0.29) is 17.3 Å². The van der Waals surface area contributed by atoms with Crippen LogP contribution in [0.1, 0.15) is 43.2 Å². The largest absolute Gasteiger partial charge is 0.333 e. The second-order valence-electron chi connectivity index (χ2n) is 7.95. The molecule has 2 heterocycles. The van der Waals surface area contributed by atoms with E-state index in [1.807, 2.05) is 24.3 Å². The van der Waals surface area contributed by atoms with Crippen LogP contribution < -0.4 is 0 Å². The second kappa shape index (κ2) is 7.81. The second-order valence-corrected chi connectivity index (χ2v) is 7.95. The minimum Gasteiger partial charge on any atom is -0.333 e. The topological polar surface area (TPSA) is 23.6 Å². The van der Waals surface area contributed by atoms with Crippen molar-refractivity contribution in [2.24, 2.45) is 0 Å². The highest BCUT2D eigenvalue weighted by Crippen LogP contribution is 2.40. The summed E-state index contributed by atoms with van der Waals surface area (Å²) in [6, 6.07) is 17.2. The Hall–Kier alpha value is -2.20. The van der Waals surface area contributed by atoms with Crippen molar-refractivity contribution < 1.29 is 9.18 Å².